The molecule has 2 saturated heterocycles. The van der Waals surface area contributed by atoms with Gasteiger partial charge in [0.15, 0.2) is 0 Å². The van der Waals surface area contributed by atoms with Crippen molar-refractivity contribution in [1.82, 2.24) is 15.1 Å². The minimum Gasteiger partial charge on any atom is -0.379 e. The number of nitriles is 1. The molecule has 6 heteroatoms. The first-order valence-corrected chi connectivity index (χ1v) is 8.48. The molecule has 0 aromatic rings. The third kappa shape index (κ3) is 3.36. The molecule has 0 bridgehead atoms. The Hall–Kier alpha value is -1.32. The Morgan fingerprint density at radius 2 is 2.05 bits per heavy atom. The first-order chi connectivity index (χ1) is 10.7. The van der Waals surface area contributed by atoms with E-state index in [9.17, 15) is 10.1 Å². The molecular weight excluding hydrogens is 280 g/mol. The monoisotopic (exact) mass is 306 g/mol. The summed E-state index contributed by atoms with van der Waals surface area (Å²) in [6.07, 6.45) is 5.09. The number of carbonyl (C=O) groups is 1. The van der Waals surface area contributed by atoms with E-state index in [0.717, 1.165) is 71.5 Å². The van der Waals surface area contributed by atoms with Gasteiger partial charge in [0.1, 0.15) is 0 Å². The SMILES string of the molecule is N#CC1(CNC(=O)N2CCC[C@H]2CN2CCOCC2)CCC1. The van der Waals surface area contributed by atoms with Crippen LogP contribution in [0.2, 0.25) is 0 Å². The number of ether oxygens (including phenoxy) is 1. The summed E-state index contributed by atoms with van der Waals surface area (Å²) in [5.41, 5.74) is -0.297. The van der Waals surface area contributed by atoms with Crippen LogP contribution in [0.3, 0.4) is 0 Å². The van der Waals surface area contributed by atoms with E-state index in [4.69, 9.17) is 4.74 Å². The molecule has 122 valence electrons. The van der Waals surface area contributed by atoms with Crippen LogP contribution in [0.25, 0.3) is 0 Å². The van der Waals surface area contributed by atoms with Crippen molar-refractivity contribution in [3.8, 4) is 6.07 Å². The van der Waals surface area contributed by atoms with Crippen LogP contribution in [0.1, 0.15) is 32.1 Å². The maximum Gasteiger partial charge on any atom is 0.317 e. The Morgan fingerprint density at radius 3 is 2.68 bits per heavy atom. The zero-order valence-corrected chi connectivity index (χ0v) is 13.2. The second kappa shape index (κ2) is 6.84. The van der Waals surface area contributed by atoms with E-state index in [1.54, 1.807) is 0 Å². The lowest BCUT2D eigenvalue weighted by molar-refractivity contribution is 0.0291. The maximum absolute atomic E-state index is 12.5. The standard InChI is InChI=1S/C16H26N4O2/c17-12-16(4-2-5-16)13-18-15(21)20-6-1-3-14(20)11-19-7-9-22-10-8-19/h14H,1-11,13H2,(H,18,21)/t14-/m0/s1. The summed E-state index contributed by atoms with van der Waals surface area (Å²) in [7, 11) is 0. The van der Waals surface area contributed by atoms with E-state index in [1.807, 2.05) is 4.90 Å². The number of rotatable bonds is 4. The Bertz CT molecular complexity index is 438. The molecule has 2 heterocycles. The van der Waals surface area contributed by atoms with Crippen molar-refractivity contribution in [3.05, 3.63) is 0 Å². The van der Waals surface area contributed by atoms with Crippen molar-refractivity contribution in [2.75, 3.05) is 45.9 Å². The molecule has 1 saturated carbocycles. The van der Waals surface area contributed by atoms with E-state index >= 15 is 0 Å². The molecule has 2 aliphatic heterocycles. The average molecular weight is 306 g/mol. The molecule has 3 rings (SSSR count). The number of carbonyl (C=O) groups excluding carboxylic acids is 1. The zero-order chi connectivity index (χ0) is 15.4. The lowest BCUT2D eigenvalue weighted by Crippen LogP contribution is -2.51. The molecule has 2 amide bonds. The fraction of sp³-hybridized carbons (Fsp3) is 0.875. The zero-order valence-electron chi connectivity index (χ0n) is 13.2. The van der Waals surface area contributed by atoms with E-state index in [0.29, 0.717) is 12.6 Å². The van der Waals surface area contributed by atoms with Crippen LogP contribution in [0.5, 0.6) is 0 Å². The second-order valence-electron chi connectivity index (χ2n) is 6.81. The van der Waals surface area contributed by atoms with Gasteiger partial charge in [-0.2, -0.15) is 5.26 Å². The quantitative estimate of drug-likeness (QED) is 0.847. The molecule has 1 atom stereocenters. The van der Waals surface area contributed by atoms with Gasteiger partial charge in [-0.05, 0) is 25.7 Å². The summed E-state index contributed by atoms with van der Waals surface area (Å²) < 4.78 is 5.38. The van der Waals surface area contributed by atoms with Crippen LogP contribution in [0.15, 0.2) is 0 Å². The number of amides is 2. The highest BCUT2D eigenvalue weighted by Gasteiger charge is 2.38. The van der Waals surface area contributed by atoms with Gasteiger partial charge in [0.2, 0.25) is 0 Å². The predicted octanol–water partition coefficient (Wildman–Crippen LogP) is 1.19. The van der Waals surface area contributed by atoms with Crippen LogP contribution in [0, 0.1) is 16.7 Å². The van der Waals surface area contributed by atoms with E-state index in [1.165, 1.54) is 0 Å². The Kier molecular flexibility index (Phi) is 4.84. The summed E-state index contributed by atoms with van der Waals surface area (Å²) >= 11 is 0. The molecular formula is C16H26N4O2. The van der Waals surface area contributed by atoms with Gasteiger partial charge in [-0.1, -0.05) is 6.42 Å². The highest BCUT2D eigenvalue weighted by molar-refractivity contribution is 5.75. The van der Waals surface area contributed by atoms with Crippen LogP contribution in [-0.4, -0.2) is 67.8 Å². The van der Waals surface area contributed by atoms with E-state index < -0.39 is 0 Å². The van der Waals surface area contributed by atoms with Gasteiger partial charge in [-0.3, -0.25) is 4.90 Å². The number of nitrogens with one attached hydrogen (secondary N) is 1. The summed E-state index contributed by atoms with van der Waals surface area (Å²) in [6.45, 7) is 5.80. The number of likely N-dealkylation sites (tertiary alicyclic amines) is 1. The van der Waals surface area contributed by atoms with Crippen molar-refractivity contribution in [2.45, 2.75) is 38.1 Å². The van der Waals surface area contributed by atoms with Crippen molar-refractivity contribution in [3.63, 3.8) is 0 Å². The summed E-state index contributed by atoms with van der Waals surface area (Å²) in [5.74, 6) is 0. The fourth-order valence-electron chi connectivity index (χ4n) is 3.65. The van der Waals surface area contributed by atoms with Crippen LogP contribution in [-0.2, 0) is 4.74 Å². The molecule has 0 aromatic heterocycles. The van der Waals surface area contributed by atoms with Crippen molar-refractivity contribution >= 4 is 6.03 Å². The molecule has 3 aliphatic rings. The number of hydrogen-bond donors (Lipinski definition) is 1. The molecule has 22 heavy (non-hydrogen) atoms. The van der Waals surface area contributed by atoms with Crippen LogP contribution in [0.4, 0.5) is 4.79 Å². The van der Waals surface area contributed by atoms with Crippen LogP contribution < -0.4 is 5.32 Å². The molecule has 1 aliphatic carbocycles. The normalized spacial score (nSPS) is 28.0. The second-order valence-corrected chi connectivity index (χ2v) is 6.81. The number of morpholine rings is 1. The summed E-state index contributed by atoms with van der Waals surface area (Å²) in [6, 6.07) is 2.70. The number of hydrogen-bond acceptors (Lipinski definition) is 4. The smallest absolute Gasteiger partial charge is 0.317 e. The largest absolute Gasteiger partial charge is 0.379 e. The Balaban J connectivity index is 1.49. The Morgan fingerprint density at radius 1 is 1.27 bits per heavy atom. The Labute approximate surface area is 132 Å². The van der Waals surface area contributed by atoms with Gasteiger partial charge in [-0.25, -0.2) is 4.79 Å². The molecule has 0 radical (unpaired) electrons. The third-order valence-electron chi connectivity index (χ3n) is 5.34. The van der Waals surface area contributed by atoms with Crippen LogP contribution >= 0.6 is 0 Å². The van der Waals surface area contributed by atoms with Gasteiger partial charge >= 0.3 is 6.03 Å². The van der Waals surface area contributed by atoms with Gasteiger partial charge in [0.25, 0.3) is 0 Å². The topological polar surface area (TPSA) is 68.6 Å². The molecule has 0 aromatic carbocycles. The fourth-order valence-corrected chi connectivity index (χ4v) is 3.65. The summed E-state index contributed by atoms with van der Waals surface area (Å²) in [5, 5.41) is 12.3. The van der Waals surface area contributed by atoms with Gasteiger partial charge < -0.3 is 15.0 Å². The molecule has 6 nitrogen and oxygen atoms in total. The van der Waals surface area contributed by atoms with E-state index in [2.05, 4.69) is 16.3 Å². The highest BCUT2D eigenvalue weighted by Crippen LogP contribution is 2.39. The third-order valence-corrected chi connectivity index (χ3v) is 5.34. The molecule has 0 spiro atoms. The van der Waals surface area contributed by atoms with E-state index in [-0.39, 0.29) is 11.4 Å². The maximum atomic E-state index is 12.5. The highest BCUT2D eigenvalue weighted by atomic mass is 16.5. The molecule has 3 fully saturated rings. The lowest BCUT2D eigenvalue weighted by atomic mass is 9.70. The molecule has 1 N–H and O–H groups in total. The average Bonchev–Trinajstić information content (AvgIpc) is 2.95. The van der Waals surface area contributed by atoms with Gasteiger partial charge in [0.05, 0.1) is 24.7 Å². The van der Waals surface area contributed by atoms with Gasteiger partial charge in [-0.15, -0.1) is 0 Å². The minimum absolute atomic E-state index is 0.0114. The first-order valence-electron chi connectivity index (χ1n) is 8.48. The minimum atomic E-state index is -0.297. The number of urea groups is 1. The van der Waals surface area contributed by atoms with Crippen molar-refractivity contribution < 1.29 is 9.53 Å². The number of nitrogens with zero attached hydrogens (tertiary/aromatic N) is 3. The van der Waals surface area contributed by atoms with Gasteiger partial charge in [0, 0.05) is 38.8 Å². The van der Waals surface area contributed by atoms with Crippen molar-refractivity contribution in [2.24, 2.45) is 5.41 Å². The molecule has 0 unspecified atom stereocenters. The summed E-state index contributed by atoms with van der Waals surface area (Å²) in [4.78, 5) is 16.8. The first kappa shape index (κ1) is 15.6. The van der Waals surface area contributed by atoms with Crippen molar-refractivity contribution in [1.29, 1.82) is 5.26 Å². The lowest BCUT2D eigenvalue weighted by Gasteiger charge is -2.37. The predicted molar refractivity (Wildman–Crippen MR) is 82.3 cm³/mol.